The molecule has 3 nitrogen and oxygen atoms in total. The van der Waals surface area contributed by atoms with Crippen molar-refractivity contribution in [1.82, 2.24) is 0 Å². The van der Waals surface area contributed by atoms with E-state index in [4.69, 9.17) is 0 Å². The third kappa shape index (κ3) is 2.17. The molecule has 104 valence electrons. The fraction of sp³-hybridized carbons (Fsp3) is 0.111. The zero-order valence-electron chi connectivity index (χ0n) is 12.0. The summed E-state index contributed by atoms with van der Waals surface area (Å²) in [6, 6.07) is 16.7. The maximum absolute atomic E-state index is 12.7. The van der Waals surface area contributed by atoms with Crippen molar-refractivity contribution in [1.29, 1.82) is 0 Å². The van der Waals surface area contributed by atoms with Crippen LogP contribution in [0.15, 0.2) is 60.2 Å². The van der Waals surface area contributed by atoms with Gasteiger partial charge in [0, 0.05) is 5.57 Å². The number of hydrogen-bond donors (Lipinski definition) is 0. The second-order valence-electron chi connectivity index (χ2n) is 5.15. The average Bonchev–Trinajstić information content (AvgIpc) is 2.72. The zero-order chi connectivity index (χ0) is 15.0. The number of amides is 2. The molecule has 21 heavy (non-hydrogen) atoms. The van der Waals surface area contributed by atoms with Crippen LogP contribution in [0, 0.1) is 6.92 Å². The highest BCUT2D eigenvalue weighted by atomic mass is 16.2. The van der Waals surface area contributed by atoms with Gasteiger partial charge < -0.3 is 0 Å². The molecule has 0 bridgehead atoms. The molecular weight excluding hydrogens is 262 g/mol. The molecule has 1 aliphatic heterocycles. The number of carbonyl (C=O) groups excluding carboxylic acids is 2. The van der Waals surface area contributed by atoms with Crippen molar-refractivity contribution in [3.8, 4) is 0 Å². The van der Waals surface area contributed by atoms with E-state index in [0.29, 0.717) is 16.8 Å². The Morgan fingerprint density at radius 1 is 0.762 bits per heavy atom. The molecule has 2 aromatic rings. The summed E-state index contributed by atoms with van der Waals surface area (Å²) >= 11 is 0. The molecule has 0 aliphatic carbocycles. The summed E-state index contributed by atoms with van der Waals surface area (Å²) < 4.78 is 0. The Hall–Kier alpha value is -2.68. The highest BCUT2D eigenvalue weighted by Crippen LogP contribution is 2.32. The van der Waals surface area contributed by atoms with Crippen molar-refractivity contribution in [2.24, 2.45) is 0 Å². The van der Waals surface area contributed by atoms with E-state index < -0.39 is 0 Å². The Labute approximate surface area is 123 Å². The lowest BCUT2D eigenvalue weighted by Crippen LogP contribution is -2.31. The third-order valence-corrected chi connectivity index (χ3v) is 3.67. The summed E-state index contributed by atoms with van der Waals surface area (Å²) in [5.74, 6) is -0.504. The second kappa shape index (κ2) is 5.02. The summed E-state index contributed by atoms with van der Waals surface area (Å²) in [4.78, 5) is 26.3. The molecular formula is C18H15NO2. The third-order valence-electron chi connectivity index (χ3n) is 3.67. The van der Waals surface area contributed by atoms with E-state index in [0.717, 1.165) is 11.1 Å². The van der Waals surface area contributed by atoms with Gasteiger partial charge in [0.25, 0.3) is 11.8 Å². The van der Waals surface area contributed by atoms with Gasteiger partial charge in [-0.05, 0) is 31.5 Å². The molecule has 0 fully saturated rings. The first kappa shape index (κ1) is 13.3. The van der Waals surface area contributed by atoms with Crippen molar-refractivity contribution in [3.63, 3.8) is 0 Å². The molecule has 3 rings (SSSR count). The highest BCUT2D eigenvalue weighted by Gasteiger charge is 2.37. The van der Waals surface area contributed by atoms with Gasteiger partial charge >= 0.3 is 0 Å². The maximum atomic E-state index is 12.7. The molecule has 1 heterocycles. The number of imide groups is 1. The molecule has 0 spiro atoms. The minimum absolute atomic E-state index is 0.247. The van der Waals surface area contributed by atoms with E-state index in [1.165, 1.54) is 4.90 Å². The Morgan fingerprint density at radius 2 is 1.38 bits per heavy atom. The lowest BCUT2D eigenvalue weighted by molar-refractivity contribution is -0.120. The van der Waals surface area contributed by atoms with Crippen molar-refractivity contribution in [2.75, 3.05) is 4.90 Å². The van der Waals surface area contributed by atoms with Crippen LogP contribution >= 0.6 is 0 Å². The lowest BCUT2D eigenvalue weighted by atomic mass is 10.0. The van der Waals surface area contributed by atoms with Crippen LogP contribution < -0.4 is 4.90 Å². The van der Waals surface area contributed by atoms with E-state index in [2.05, 4.69) is 0 Å². The minimum atomic E-state index is -0.257. The SMILES string of the molecule is CC1=C(c2ccccc2)C(=O)N(c2ccc(C)cc2)C1=O. The van der Waals surface area contributed by atoms with Crippen LogP contribution in [0.5, 0.6) is 0 Å². The zero-order valence-corrected chi connectivity index (χ0v) is 12.0. The van der Waals surface area contributed by atoms with Gasteiger partial charge in [-0.15, -0.1) is 0 Å². The number of rotatable bonds is 2. The largest absolute Gasteiger partial charge is 0.269 e. The van der Waals surface area contributed by atoms with Crippen LogP contribution in [0.2, 0.25) is 0 Å². The van der Waals surface area contributed by atoms with Gasteiger partial charge in [-0.1, -0.05) is 48.0 Å². The molecule has 0 saturated heterocycles. The standard InChI is InChI=1S/C18H15NO2/c1-12-8-10-15(11-9-12)19-17(20)13(2)16(18(19)21)14-6-4-3-5-7-14/h3-11H,1-2H3. The predicted molar refractivity (Wildman–Crippen MR) is 82.7 cm³/mol. The molecule has 0 unspecified atom stereocenters. The molecule has 0 radical (unpaired) electrons. The number of nitrogens with zero attached hydrogens (tertiary/aromatic N) is 1. The minimum Gasteiger partial charge on any atom is -0.269 e. The fourth-order valence-electron chi connectivity index (χ4n) is 2.51. The number of benzene rings is 2. The van der Waals surface area contributed by atoms with Gasteiger partial charge in [0.15, 0.2) is 0 Å². The van der Waals surface area contributed by atoms with Crippen LogP contribution in [0.1, 0.15) is 18.1 Å². The van der Waals surface area contributed by atoms with Gasteiger partial charge in [0.1, 0.15) is 0 Å². The van der Waals surface area contributed by atoms with Crippen LogP contribution in [0.3, 0.4) is 0 Å². The molecule has 1 aliphatic rings. The molecule has 2 aromatic carbocycles. The second-order valence-corrected chi connectivity index (χ2v) is 5.15. The molecule has 3 heteroatoms. The van der Waals surface area contributed by atoms with Crippen molar-refractivity contribution in [3.05, 3.63) is 71.3 Å². The van der Waals surface area contributed by atoms with E-state index in [1.54, 1.807) is 19.1 Å². The summed E-state index contributed by atoms with van der Waals surface area (Å²) in [5.41, 5.74) is 3.46. The monoisotopic (exact) mass is 277 g/mol. The van der Waals surface area contributed by atoms with Gasteiger partial charge in [-0.2, -0.15) is 0 Å². The maximum Gasteiger partial charge on any atom is 0.266 e. The van der Waals surface area contributed by atoms with Gasteiger partial charge in [0.2, 0.25) is 0 Å². The number of carbonyl (C=O) groups is 2. The normalized spacial score (nSPS) is 15.0. The smallest absolute Gasteiger partial charge is 0.266 e. The first-order valence-corrected chi connectivity index (χ1v) is 6.81. The van der Waals surface area contributed by atoms with Gasteiger partial charge in [-0.3, -0.25) is 9.59 Å². The topological polar surface area (TPSA) is 37.4 Å². The quantitative estimate of drug-likeness (QED) is 0.789. The molecule has 0 aromatic heterocycles. The van der Waals surface area contributed by atoms with Crippen LogP contribution in [-0.2, 0) is 9.59 Å². The van der Waals surface area contributed by atoms with Gasteiger partial charge in [0.05, 0.1) is 11.3 Å². The molecule has 0 saturated carbocycles. The number of anilines is 1. The summed E-state index contributed by atoms with van der Waals surface area (Å²) in [6.45, 7) is 3.67. The summed E-state index contributed by atoms with van der Waals surface area (Å²) in [7, 11) is 0. The van der Waals surface area contributed by atoms with Crippen LogP contribution in [0.4, 0.5) is 5.69 Å². The summed E-state index contributed by atoms with van der Waals surface area (Å²) in [6.07, 6.45) is 0. The average molecular weight is 277 g/mol. The highest BCUT2D eigenvalue weighted by molar-refractivity contribution is 6.45. The van der Waals surface area contributed by atoms with E-state index in [-0.39, 0.29) is 11.8 Å². The lowest BCUT2D eigenvalue weighted by Gasteiger charge is -2.15. The first-order chi connectivity index (χ1) is 10.1. The van der Waals surface area contributed by atoms with E-state index in [9.17, 15) is 9.59 Å². The van der Waals surface area contributed by atoms with E-state index in [1.807, 2.05) is 49.4 Å². The van der Waals surface area contributed by atoms with Crippen molar-refractivity contribution in [2.45, 2.75) is 13.8 Å². The van der Waals surface area contributed by atoms with Crippen LogP contribution in [0.25, 0.3) is 5.57 Å². The Bertz CT molecular complexity index is 743. The molecule has 2 amide bonds. The molecule has 0 atom stereocenters. The number of aryl methyl sites for hydroxylation is 1. The van der Waals surface area contributed by atoms with Crippen LogP contribution in [-0.4, -0.2) is 11.8 Å². The van der Waals surface area contributed by atoms with Crippen molar-refractivity contribution >= 4 is 23.1 Å². The van der Waals surface area contributed by atoms with Crippen molar-refractivity contribution < 1.29 is 9.59 Å². The van der Waals surface area contributed by atoms with Gasteiger partial charge in [-0.25, -0.2) is 4.90 Å². The number of hydrogen-bond acceptors (Lipinski definition) is 2. The van der Waals surface area contributed by atoms with E-state index >= 15 is 0 Å². The Kier molecular flexibility index (Phi) is 3.18. The Balaban J connectivity index is 2.04. The fourth-order valence-corrected chi connectivity index (χ4v) is 2.51. The predicted octanol–water partition coefficient (Wildman–Crippen LogP) is 3.34. The Morgan fingerprint density at radius 3 is 2.00 bits per heavy atom. The first-order valence-electron chi connectivity index (χ1n) is 6.81. The molecule has 0 N–H and O–H groups in total. The summed E-state index contributed by atoms with van der Waals surface area (Å²) in [5, 5.41) is 0.